The molecule has 0 bridgehead atoms. The van der Waals surface area contributed by atoms with Gasteiger partial charge in [-0.15, -0.1) is 0 Å². The summed E-state index contributed by atoms with van der Waals surface area (Å²) in [5.41, 5.74) is 6.52. The predicted octanol–water partition coefficient (Wildman–Crippen LogP) is 2.20. The van der Waals surface area contributed by atoms with Gasteiger partial charge < -0.3 is 5.73 Å². The molecule has 1 saturated carbocycles. The van der Waals surface area contributed by atoms with Crippen molar-refractivity contribution < 1.29 is 8.42 Å². The molecular formula is C13H19ClN2O2S. The maximum Gasteiger partial charge on any atom is 0.241 e. The van der Waals surface area contributed by atoms with Crippen LogP contribution in [0.5, 0.6) is 0 Å². The van der Waals surface area contributed by atoms with Crippen molar-refractivity contribution in [1.82, 2.24) is 4.72 Å². The van der Waals surface area contributed by atoms with E-state index in [4.69, 9.17) is 17.3 Å². The summed E-state index contributed by atoms with van der Waals surface area (Å²) < 4.78 is 27.5. The van der Waals surface area contributed by atoms with Crippen LogP contribution in [0.2, 0.25) is 5.02 Å². The van der Waals surface area contributed by atoms with Crippen LogP contribution in [0, 0.1) is 6.92 Å². The number of nitrogens with two attached hydrogens (primary N) is 1. The van der Waals surface area contributed by atoms with Gasteiger partial charge in [0.25, 0.3) is 0 Å². The van der Waals surface area contributed by atoms with Gasteiger partial charge in [-0.2, -0.15) is 0 Å². The molecule has 0 amide bonds. The maximum absolute atomic E-state index is 12.4. The fourth-order valence-electron chi connectivity index (χ4n) is 2.38. The van der Waals surface area contributed by atoms with Crippen LogP contribution in [0.4, 0.5) is 0 Å². The van der Waals surface area contributed by atoms with Gasteiger partial charge in [0, 0.05) is 17.1 Å². The number of hydrogen-bond acceptors (Lipinski definition) is 3. The molecule has 0 radical (unpaired) electrons. The standard InChI is InChI=1S/C13H19ClN2O2S/c1-9-2-3-10(14)8-13(9)19(17,18)16-12-6-4-11(15)5-7-12/h2-3,8,11-12,16H,4-7,15H2,1H3. The fourth-order valence-corrected chi connectivity index (χ4v) is 4.20. The molecule has 2 rings (SSSR count). The average Bonchev–Trinajstić information content (AvgIpc) is 2.35. The summed E-state index contributed by atoms with van der Waals surface area (Å²) in [7, 11) is -3.51. The third-order valence-electron chi connectivity index (χ3n) is 3.53. The third-order valence-corrected chi connectivity index (χ3v) is 5.43. The number of hydrogen-bond donors (Lipinski definition) is 2. The van der Waals surface area contributed by atoms with E-state index in [1.165, 1.54) is 6.07 Å². The van der Waals surface area contributed by atoms with Gasteiger partial charge in [-0.05, 0) is 50.3 Å². The van der Waals surface area contributed by atoms with E-state index in [1.807, 2.05) is 0 Å². The molecule has 0 unspecified atom stereocenters. The molecule has 0 heterocycles. The Hall–Kier alpha value is -0.620. The minimum atomic E-state index is -3.51. The van der Waals surface area contributed by atoms with E-state index >= 15 is 0 Å². The largest absolute Gasteiger partial charge is 0.328 e. The molecule has 1 aliphatic rings. The molecule has 1 aliphatic carbocycles. The summed E-state index contributed by atoms with van der Waals surface area (Å²) in [6.45, 7) is 1.77. The van der Waals surface area contributed by atoms with Crippen LogP contribution in [-0.2, 0) is 10.0 Å². The van der Waals surface area contributed by atoms with Gasteiger partial charge in [-0.1, -0.05) is 17.7 Å². The smallest absolute Gasteiger partial charge is 0.241 e. The molecule has 0 aromatic heterocycles. The zero-order chi connectivity index (χ0) is 14.0. The lowest BCUT2D eigenvalue weighted by Gasteiger charge is -2.26. The highest BCUT2D eigenvalue weighted by Crippen LogP contribution is 2.23. The number of halogens is 1. The van der Waals surface area contributed by atoms with Crippen molar-refractivity contribution in [3.63, 3.8) is 0 Å². The van der Waals surface area contributed by atoms with E-state index in [-0.39, 0.29) is 17.0 Å². The van der Waals surface area contributed by atoms with E-state index in [2.05, 4.69) is 4.72 Å². The maximum atomic E-state index is 12.4. The number of rotatable bonds is 3. The second-order valence-corrected chi connectivity index (χ2v) is 7.26. The number of nitrogens with one attached hydrogen (secondary N) is 1. The third kappa shape index (κ3) is 3.69. The van der Waals surface area contributed by atoms with Crippen LogP contribution in [0.15, 0.2) is 23.1 Å². The molecule has 1 aromatic carbocycles. The topological polar surface area (TPSA) is 72.2 Å². The first-order chi connectivity index (χ1) is 8.88. The van der Waals surface area contributed by atoms with Crippen molar-refractivity contribution in [3.05, 3.63) is 28.8 Å². The number of benzene rings is 1. The monoisotopic (exact) mass is 302 g/mol. The molecule has 1 aromatic rings. The van der Waals surface area contributed by atoms with Crippen LogP contribution in [0.1, 0.15) is 31.2 Å². The summed E-state index contributed by atoms with van der Waals surface area (Å²) in [4.78, 5) is 0.259. The Kier molecular flexibility index (Phi) is 4.50. The average molecular weight is 303 g/mol. The first kappa shape index (κ1) is 14.8. The highest BCUT2D eigenvalue weighted by Gasteiger charge is 2.25. The van der Waals surface area contributed by atoms with E-state index in [9.17, 15) is 8.42 Å². The molecule has 1 fully saturated rings. The van der Waals surface area contributed by atoms with Crippen LogP contribution in [0.25, 0.3) is 0 Å². The molecule has 6 heteroatoms. The molecule has 106 valence electrons. The Bertz CT molecular complexity index is 552. The Morgan fingerprint density at radius 1 is 1.26 bits per heavy atom. The SMILES string of the molecule is Cc1ccc(Cl)cc1S(=O)(=O)NC1CCC(N)CC1. The Balaban J connectivity index is 2.16. The second-order valence-electron chi connectivity index (χ2n) is 5.14. The van der Waals surface area contributed by atoms with Crippen molar-refractivity contribution in [2.75, 3.05) is 0 Å². The van der Waals surface area contributed by atoms with Crippen molar-refractivity contribution in [3.8, 4) is 0 Å². The highest BCUT2D eigenvalue weighted by molar-refractivity contribution is 7.89. The van der Waals surface area contributed by atoms with E-state index < -0.39 is 10.0 Å². The zero-order valence-electron chi connectivity index (χ0n) is 10.9. The van der Waals surface area contributed by atoms with Crippen LogP contribution in [0.3, 0.4) is 0 Å². The summed E-state index contributed by atoms with van der Waals surface area (Å²) >= 11 is 5.88. The lowest BCUT2D eigenvalue weighted by Crippen LogP contribution is -2.40. The highest BCUT2D eigenvalue weighted by atomic mass is 35.5. The van der Waals surface area contributed by atoms with E-state index in [1.54, 1.807) is 19.1 Å². The lowest BCUT2D eigenvalue weighted by molar-refractivity contribution is 0.373. The van der Waals surface area contributed by atoms with E-state index in [0.29, 0.717) is 10.6 Å². The number of sulfonamides is 1. The first-order valence-corrected chi connectivity index (χ1v) is 8.28. The molecule has 19 heavy (non-hydrogen) atoms. The van der Waals surface area contributed by atoms with Gasteiger partial charge >= 0.3 is 0 Å². The Labute approximate surface area is 119 Å². The van der Waals surface area contributed by atoms with Gasteiger partial charge in [0.15, 0.2) is 0 Å². The molecule has 3 N–H and O–H groups in total. The Morgan fingerprint density at radius 3 is 2.53 bits per heavy atom. The normalized spacial score (nSPS) is 24.4. The van der Waals surface area contributed by atoms with Gasteiger partial charge in [-0.25, -0.2) is 13.1 Å². The van der Waals surface area contributed by atoms with Gasteiger partial charge in [-0.3, -0.25) is 0 Å². The molecular weight excluding hydrogens is 284 g/mol. The minimum Gasteiger partial charge on any atom is -0.328 e. The fraction of sp³-hybridized carbons (Fsp3) is 0.538. The van der Waals surface area contributed by atoms with Crippen LogP contribution in [-0.4, -0.2) is 20.5 Å². The van der Waals surface area contributed by atoms with Crippen molar-refractivity contribution in [1.29, 1.82) is 0 Å². The lowest BCUT2D eigenvalue weighted by atomic mass is 9.93. The molecule has 4 nitrogen and oxygen atoms in total. The Morgan fingerprint density at radius 2 is 1.89 bits per heavy atom. The first-order valence-electron chi connectivity index (χ1n) is 6.42. The molecule has 0 atom stereocenters. The predicted molar refractivity (Wildman–Crippen MR) is 76.7 cm³/mol. The van der Waals surface area contributed by atoms with Gasteiger partial charge in [0.05, 0.1) is 4.90 Å². The minimum absolute atomic E-state index is 0.0248. The quantitative estimate of drug-likeness (QED) is 0.899. The van der Waals surface area contributed by atoms with Crippen LogP contribution < -0.4 is 10.5 Å². The van der Waals surface area contributed by atoms with Gasteiger partial charge in [0.2, 0.25) is 10.0 Å². The van der Waals surface area contributed by atoms with Crippen molar-refractivity contribution in [2.24, 2.45) is 5.73 Å². The summed E-state index contributed by atoms with van der Waals surface area (Å²) in [5, 5.41) is 0.427. The summed E-state index contributed by atoms with van der Waals surface area (Å²) in [5.74, 6) is 0. The molecule has 0 saturated heterocycles. The van der Waals surface area contributed by atoms with Crippen molar-refractivity contribution >= 4 is 21.6 Å². The number of aryl methyl sites for hydroxylation is 1. The van der Waals surface area contributed by atoms with Crippen molar-refractivity contribution in [2.45, 2.75) is 49.6 Å². The summed E-state index contributed by atoms with van der Waals surface area (Å²) in [6, 6.07) is 5.08. The van der Waals surface area contributed by atoms with E-state index in [0.717, 1.165) is 25.7 Å². The zero-order valence-corrected chi connectivity index (χ0v) is 12.5. The molecule has 0 aliphatic heterocycles. The summed E-state index contributed by atoms with van der Waals surface area (Å²) in [6.07, 6.45) is 3.31. The van der Waals surface area contributed by atoms with Gasteiger partial charge in [0.1, 0.15) is 0 Å². The molecule has 0 spiro atoms. The van der Waals surface area contributed by atoms with Crippen LogP contribution >= 0.6 is 11.6 Å². The second kappa shape index (κ2) is 5.79.